The van der Waals surface area contributed by atoms with E-state index in [-0.39, 0.29) is 13.4 Å². The normalized spacial score (nSPS) is 13.2. The summed E-state index contributed by atoms with van der Waals surface area (Å²) in [7, 11) is 0. The molecule has 4 heteroatoms. The number of ether oxygens (including phenoxy) is 3. The zero-order chi connectivity index (χ0) is 9.80. The fourth-order valence-electron chi connectivity index (χ4n) is 1.29. The van der Waals surface area contributed by atoms with Crippen molar-refractivity contribution in [3.8, 4) is 11.5 Å². The monoisotopic (exact) mass is 196 g/mol. The third-order valence-corrected chi connectivity index (χ3v) is 1.94. The summed E-state index contributed by atoms with van der Waals surface area (Å²) < 4.78 is 15.6. The molecule has 1 N–H and O–H groups in total. The van der Waals surface area contributed by atoms with Crippen LogP contribution in [0.25, 0.3) is 0 Å². The van der Waals surface area contributed by atoms with Gasteiger partial charge in [0.1, 0.15) is 0 Å². The molecule has 1 aliphatic rings. The van der Waals surface area contributed by atoms with Crippen LogP contribution >= 0.6 is 0 Å². The van der Waals surface area contributed by atoms with Crippen molar-refractivity contribution in [2.24, 2.45) is 0 Å². The summed E-state index contributed by atoms with van der Waals surface area (Å²) >= 11 is 0. The van der Waals surface area contributed by atoms with Crippen molar-refractivity contribution in [1.82, 2.24) is 0 Å². The molecule has 0 unspecified atom stereocenters. The molecule has 0 saturated heterocycles. The second-order valence-corrected chi connectivity index (χ2v) is 2.96. The number of hydrogen-bond acceptors (Lipinski definition) is 4. The molecule has 0 aromatic heterocycles. The Labute approximate surface area is 82.0 Å². The van der Waals surface area contributed by atoms with E-state index in [0.29, 0.717) is 13.2 Å². The van der Waals surface area contributed by atoms with Crippen LogP contribution in [0.4, 0.5) is 0 Å². The van der Waals surface area contributed by atoms with Crippen LogP contribution in [0.2, 0.25) is 0 Å². The Bertz CT molecular complexity index is 311. The fraction of sp³-hybridized carbons (Fsp3) is 0.400. The summed E-state index contributed by atoms with van der Waals surface area (Å²) in [5.41, 5.74) is 1.02. The topological polar surface area (TPSA) is 47.9 Å². The predicted molar refractivity (Wildman–Crippen MR) is 49.3 cm³/mol. The molecule has 0 radical (unpaired) electrons. The molecule has 76 valence electrons. The van der Waals surface area contributed by atoms with E-state index >= 15 is 0 Å². The molecular formula is C10H12O4. The minimum atomic E-state index is 0.0462. The highest BCUT2D eigenvalue weighted by atomic mass is 16.7. The van der Waals surface area contributed by atoms with E-state index in [1.165, 1.54) is 0 Å². The highest BCUT2D eigenvalue weighted by Gasteiger charge is 2.12. The molecule has 0 atom stereocenters. The Kier molecular flexibility index (Phi) is 2.86. The summed E-state index contributed by atoms with van der Waals surface area (Å²) in [4.78, 5) is 0. The number of aliphatic hydroxyl groups excluding tert-OH is 1. The van der Waals surface area contributed by atoms with Crippen LogP contribution in [-0.2, 0) is 11.3 Å². The molecule has 0 bridgehead atoms. The van der Waals surface area contributed by atoms with Gasteiger partial charge in [-0.05, 0) is 17.7 Å². The van der Waals surface area contributed by atoms with E-state index in [0.717, 1.165) is 17.1 Å². The van der Waals surface area contributed by atoms with Gasteiger partial charge < -0.3 is 19.3 Å². The van der Waals surface area contributed by atoms with Gasteiger partial charge in [0.2, 0.25) is 6.79 Å². The van der Waals surface area contributed by atoms with Crippen molar-refractivity contribution in [1.29, 1.82) is 0 Å². The lowest BCUT2D eigenvalue weighted by Gasteiger charge is -2.03. The largest absolute Gasteiger partial charge is 0.454 e. The van der Waals surface area contributed by atoms with Crippen LogP contribution in [0.1, 0.15) is 5.56 Å². The summed E-state index contributed by atoms with van der Waals surface area (Å²) in [6, 6.07) is 5.67. The van der Waals surface area contributed by atoms with E-state index in [1.54, 1.807) is 0 Å². The first-order chi connectivity index (χ1) is 6.90. The Morgan fingerprint density at radius 2 is 2.14 bits per heavy atom. The average molecular weight is 196 g/mol. The predicted octanol–water partition coefficient (Wildman–Crippen LogP) is 0.924. The van der Waals surface area contributed by atoms with E-state index < -0.39 is 0 Å². The highest BCUT2D eigenvalue weighted by Crippen LogP contribution is 2.32. The lowest BCUT2D eigenvalue weighted by Crippen LogP contribution is -1.99. The van der Waals surface area contributed by atoms with Gasteiger partial charge >= 0.3 is 0 Å². The van der Waals surface area contributed by atoms with Crippen LogP contribution < -0.4 is 9.47 Å². The average Bonchev–Trinajstić information content (AvgIpc) is 2.65. The van der Waals surface area contributed by atoms with Gasteiger partial charge in [0.25, 0.3) is 0 Å². The molecular weight excluding hydrogens is 184 g/mol. The van der Waals surface area contributed by atoms with E-state index in [9.17, 15) is 0 Å². The number of hydrogen-bond donors (Lipinski definition) is 1. The Morgan fingerprint density at radius 3 is 3.00 bits per heavy atom. The molecule has 2 rings (SSSR count). The van der Waals surface area contributed by atoms with Crippen molar-refractivity contribution < 1.29 is 19.3 Å². The number of rotatable bonds is 4. The van der Waals surface area contributed by atoms with Crippen LogP contribution in [0.15, 0.2) is 18.2 Å². The van der Waals surface area contributed by atoms with Gasteiger partial charge in [0, 0.05) is 0 Å². The zero-order valence-electron chi connectivity index (χ0n) is 7.73. The van der Waals surface area contributed by atoms with Gasteiger partial charge in [-0.25, -0.2) is 0 Å². The summed E-state index contributed by atoms with van der Waals surface area (Å²) in [5, 5.41) is 8.53. The Hall–Kier alpha value is -1.26. The van der Waals surface area contributed by atoms with Crippen molar-refractivity contribution >= 4 is 0 Å². The Morgan fingerprint density at radius 1 is 1.29 bits per heavy atom. The van der Waals surface area contributed by atoms with Crippen molar-refractivity contribution in [3.05, 3.63) is 23.8 Å². The number of aliphatic hydroxyl groups is 1. The van der Waals surface area contributed by atoms with Gasteiger partial charge in [0.05, 0.1) is 19.8 Å². The quantitative estimate of drug-likeness (QED) is 0.727. The molecule has 0 amide bonds. The molecule has 1 aromatic rings. The minimum Gasteiger partial charge on any atom is -0.454 e. The zero-order valence-corrected chi connectivity index (χ0v) is 7.73. The fourth-order valence-corrected chi connectivity index (χ4v) is 1.29. The molecule has 0 aliphatic carbocycles. The van der Waals surface area contributed by atoms with Gasteiger partial charge in [-0.15, -0.1) is 0 Å². The maximum Gasteiger partial charge on any atom is 0.231 e. The lowest BCUT2D eigenvalue weighted by molar-refractivity contribution is 0.0814. The van der Waals surface area contributed by atoms with Gasteiger partial charge in [-0.2, -0.15) is 0 Å². The van der Waals surface area contributed by atoms with Crippen molar-refractivity contribution in [2.75, 3.05) is 20.0 Å². The lowest BCUT2D eigenvalue weighted by atomic mass is 10.2. The Balaban J connectivity index is 1.98. The summed E-state index contributed by atoms with van der Waals surface area (Å²) in [6.45, 7) is 1.17. The maximum absolute atomic E-state index is 8.53. The van der Waals surface area contributed by atoms with E-state index in [4.69, 9.17) is 19.3 Å². The van der Waals surface area contributed by atoms with E-state index in [2.05, 4.69) is 0 Å². The first-order valence-corrected chi connectivity index (χ1v) is 4.47. The number of fused-ring (bicyclic) bond motifs is 1. The standard InChI is InChI=1S/C10H12O4/c11-3-4-12-6-8-1-2-9-10(5-8)14-7-13-9/h1-2,5,11H,3-4,6-7H2. The summed E-state index contributed by atoms with van der Waals surface area (Å²) in [6.07, 6.45) is 0. The maximum atomic E-state index is 8.53. The first-order valence-electron chi connectivity index (χ1n) is 4.47. The second-order valence-electron chi connectivity index (χ2n) is 2.96. The molecule has 4 nitrogen and oxygen atoms in total. The SMILES string of the molecule is OCCOCc1ccc2c(c1)OCO2. The van der Waals surface area contributed by atoms with Gasteiger partial charge in [-0.1, -0.05) is 6.07 Å². The first kappa shape index (κ1) is 9.30. The van der Waals surface area contributed by atoms with Crippen LogP contribution in [-0.4, -0.2) is 25.1 Å². The third kappa shape index (κ3) is 1.97. The van der Waals surface area contributed by atoms with Gasteiger partial charge in [0.15, 0.2) is 11.5 Å². The molecule has 14 heavy (non-hydrogen) atoms. The van der Waals surface area contributed by atoms with Crippen molar-refractivity contribution in [2.45, 2.75) is 6.61 Å². The summed E-state index contributed by atoms with van der Waals surface area (Å²) in [5.74, 6) is 1.53. The molecule has 1 aliphatic heterocycles. The van der Waals surface area contributed by atoms with E-state index in [1.807, 2.05) is 18.2 Å². The molecule has 1 heterocycles. The molecule has 0 saturated carbocycles. The second kappa shape index (κ2) is 4.30. The van der Waals surface area contributed by atoms with Crippen LogP contribution in [0, 0.1) is 0 Å². The highest BCUT2D eigenvalue weighted by molar-refractivity contribution is 5.44. The van der Waals surface area contributed by atoms with Gasteiger partial charge in [-0.3, -0.25) is 0 Å². The number of benzene rings is 1. The van der Waals surface area contributed by atoms with Crippen molar-refractivity contribution in [3.63, 3.8) is 0 Å². The smallest absolute Gasteiger partial charge is 0.231 e. The van der Waals surface area contributed by atoms with Crippen LogP contribution in [0.3, 0.4) is 0 Å². The third-order valence-electron chi connectivity index (χ3n) is 1.94. The molecule has 0 fully saturated rings. The van der Waals surface area contributed by atoms with Crippen LogP contribution in [0.5, 0.6) is 11.5 Å². The molecule has 1 aromatic carbocycles. The minimum absolute atomic E-state index is 0.0462. The molecule has 0 spiro atoms.